The molecule has 126 valence electrons. The Balaban J connectivity index is 3.10. The first-order valence-electron chi connectivity index (χ1n) is 7.81. The fourth-order valence-corrected chi connectivity index (χ4v) is 1.42. The molecule has 1 atom stereocenters. The summed E-state index contributed by atoms with van der Waals surface area (Å²) < 4.78 is 21.0. The average molecular weight is 305 g/mol. The molecule has 6 heteroatoms. The predicted octanol–water partition coefficient (Wildman–Crippen LogP) is 1.51. The van der Waals surface area contributed by atoms with Crippen LogP contribution in [0.2, 0.25) is 0 Å². The molecule has 0 bridgehead atoms. The van der Waals surface area contributed by atoms with E-state index in [0.717, 1.165) is 19.4 Å². The highest BCUT2D eigenvalue weighted by molar-refractivity contribution is 5.69. The maximum atomic E-state index is 11.3. The first-order valence-corrected chi connectivity index (χ1v) is 7.81. The third-order valence-electron chi connectivity index (χ3n) is 2.68. The van der Waals surface area contributed by atoms with Gasteiger partial charge in [-0.25, -0.2) is 0 Å². The van der Waals surface area contributed by atoms with Crippen molar-refractivity contribution in [2.24, 2.45) is 5.73 Å². The summed E-state index contributed by atoms with van der Waals surface area (Å²) in [5.41, 5.74) is 5.55. The Kier molecular flexibility index (Phi) is 15.2. The molecule has 1 unspecified atom stereocenters. The molecule has 0 amide bonds. The zero-order valence-corrected chi connectivity index (χ0v) is 13.5. The van der Waals surface area contributed by atoms with Gasteiger partial charge < -0.3 is 24.7 Å². The van der Waals surface area contributed by atoms with Crippen molar-refractivity contribution < 1.29 is 23.7 Å². The Morgan fingerprint density at radius 1 is 0.952 bits per heavy atom. The van der Waals surface area contributed by atoms with Crippen LogP contribution < -0.4 is 5.73 Å². The molecule has 0 rings (SSSR count). The van der Waals surface area contributed by atoms with Gasteiger partial charge in [-0.1, -0.05) is 13.3 Å². The summed E-state index contributed by atoms with van der Waals surface area (Å²) >= 11 is 0. The van der Waals surface area contributed by atoms with E-state index in [4.69, 9.17) is 24.7 Å². The maximum absolute atomic E-state index is 11.3. The molecular weight excluding hydrogens is 274 g/mol. The molecule has 0 saturated heterocycles. The number of carbonyl (C=O) groups excluding carboxylic acids is 1. The summed E-state index contributed by atoms with van der Waals surface area (Å²) in [4.78, 5) is 11.3. The van der Waals surface area contributed by atoms with Crippen molar-refractivity contribution in [3.05, 3.63) is 0 Å². The second-order valence-corrected chi connectivity index (χ2v) is 4.93. The molecule has 0 aliphatic rings. The van der Waals surface area contributed by atoms with E-state index in [1.54, 1.807) is 0 Å². The lowest BCUT2D eigenvalue weighted by molar-refractivity contribution is -0.145. The van der Waals surface area contributed by atoms with Crippen molar-refractivity contribution in [1.29, 1.82) is 0 Å². The van der Waals surface area contributed by atoms with Gasteiger partial charge in [0.25, 0.3) is 0 Å². The second-order valence-electron chi connectivity index (χ2n) is 4.93. The van der Waals surface area contributed by atoms with Crippen molar-refractivity contribution in [3.8, 4) is 0 Å². The molecule has 0 radical (unpaired) electrons. The van der Waals surface area contributed by atoms with Gasteiger partial charge in [0, 0.05) is 19.1 Å². The number of nitrogens with two attached hydrogens (primary N) is 1. The largest absolute Gasteiger partial charge is 0.463 e. The number of hydrogen-bond acceptors (Lipinski definition) is 6. The van der Waals surface area contributed by atoms with Gasteiger partial charge in [-0.3, -0.25) is 4.79 Å². The number of carbonyl (C=O) groups is 1. The number of esters is 1. The Morgan fingerprint density at radius 2 is 1.48 bits per heavy atom. The predicted molar refractivity (Wildman–Crippen MR) is 81.2 cm³/mol. The van der Waals surface area contributed by atoms with Gasteiger partial charge in [0.05, 0.1) is 33.0 Å². The van der Waals surface area contributed by atoms with Crippen LogP contribution >= 0.6 is 0 Å². The van der Waals surface area contributed by atoms with Crippen molar-refractivity contribution in [2.45, 2.75) is 45.6 Å². The third kappa shape index (κ3) is 17.3. The molecule has 0 aromatic rings. The molecule has 0 aromatic carbocycles. The topological polar surface area (TPSA) is 80.0 Å². The molecule has 21 heavy (non-hydrogen) atoms. The van der Waals surface area contributed by atoms with Crippen LogP contribution in [0, 0.1) is 0 Å². The molecule has 0 saturated carbocycles. The van der Waals surface area contributed by atoms with Gasteiger partial charge in [-0.15, -0.1) is 0 Å². The standard InChI is InChI=1S/C15H31NO5/c1-3-4-7-18-8-9-19-10-11-20-12-13-21-15(17)6-5-14(2)16/h14H,3-13,16H2,1-2H3. The van der Waals surface area contributed by atoms with Gasteiger partial charge in [0.2, 0.25) is 0 Å². The average Bonchev–Trinajstić information content (AvgIpc) is 2.46. The lowest BCUT2D eigenvalue weighted by Gasteiger charge is -2.08. The van der Waals surface area contributed by atoms with Crippen molar-refractivity contribution in [2.75, 3.05) is 46.2 Å². The van der Waals surface area contributed by atoms with E-state index in [9.17, 15) is 4.79 Å². The van der Waals surface area contributed by atoms with Gasteiger partial charge in [-0.2, -0.15) is 0 Å². The maximum Gasteiger partial charge on any atom is 0.305 e. The van der Waals surface area contributed by atoms with E-state index in [2.05, 4.69) is 6.92 Å². The number of unbranched alkanes of at least 4 members (excludes halogenated alkanes) is 1. The number of ether oxygens (including phenoxy) is 4. The van der Waals surface area contributed by atoms with Crippen molar-refractivity contribution in [3.63, 3.8) is 0 Å². The van der Waals surface area contributed by atoms with Gasteiger partial charge in [-0.05, 0) is 19.8 Å². The first kappa shape index (κ1) is 20.3. The van der Waals surface area contributed by atoms with Gasteiger partial charge in [0.15, 0.2) is 0 Å². The first-order chi connectivity index (χ1) is 10.2. The summed E-state index contributed by atoms with van der Waals surface area (Å²) in [5.74, 6) is -0.226. The lowest BCUT2D eigenvalue weighted by atomic mass is 10.2. The van der Waals surface area contributed by atoms with Crippen LogP contribution in [0.5, 0.6) is 0 Å². The molecule has 0 aliphatic heterocycles. The summed E-state index contributed by atoms with van der Waals surface area (Å²) in [6.45, 7) is 7.68. The van der Waals surface area contributed by atoms with Gasteiger partial charge >= 0.3 is 5.97 Å². The van der Waals surface area contributed by atoms with Crippen LogP contribution in [0.4, 0.5) is 0 Å². The summed E-state index contributed by atoms with van der Waals surface area (Å²) in [6, 6.07) is 0.0249. The van der Waals surface area contributed by atoms with Crippen LogP contribution in [-0.4, -0.2) is 58.3 Å². The summed E-state index contributed by atoms with van der Waals surface area (Å²) in [6.07, 6.45) is 3.24. The van der Waals surface area contributed by atoms with E-state index in [1.165, 1.54) is 0 Å². The fraction of sp³-hybridized carbons (Fsp3) is 0.933. The van der Waals surface area contributed by atoms with Crippen molar-refractivity contribution in [1.82, 2.24) is 0 Å². The highest BCUT2D eigenvalue weighted by Gasteiger charge is 2.04. The quantitative estimate of drug-likeness (QED) is 0.365. The molecule has 0 aliphatic carbocycles. The number of hydrogen-bond donors (Lipinski definition) is 1. The molecule has 0 spiro atoms. The Bertz CT molecular complexity index is 236. The minimum Gasteiger partial charge on any atom is -0.463 e. The zero-order chi connectivity index (χ0) is 15.8. The van der Waals surface area contributed by atoms with Crippen LogP contribution in [0.3, 0.4) is 0 Å². The van der Waals surface area contributed by atoms with Crippen LogP contribution in [0.25, 0.3) is 0 Å². The number of rotatable bonds is 15. The summed E-state index contributed by atoms with van der Waals surface area (Å²) in [7, 11) is 0. The normalized spacial score (nSPS) is 12.3. The van der Waals surface area contributed by atoms with E-state index in [0.29, 0.717) is 45.9 Å². The van der Waals surface area contributed by atoms with Crippen LogP contribution in [0.15, 0.2) is 0 Å². The molecule has 0 heterocycles. The molecule has 0 aromatic heterocycles. The van der Waals surface area contributed by atoms with E-state index < -0.39 is 0 Å². The third-order valence-corrected chi connectivity index (χ3v) is 2.68. The molecule has 2 N–H and O–H groups in total. The summed E-state index contributed by atoms with van der Waals surface area (Å²) in [5, 5.41) is 0. The van der Waals surface area contributed by atoms with Crippen LogP contribution in [-0.2, 0) is 23.7 Å². The van der Waals surface area contributed by atoms with Crippen LogP contribution in [0.1, 0.15) is 39.5 Å². The van der Waals surface area contributed by atoms with E-state index in [-0.39, 0.29) is 18.6 Å². The monoisotopic (exact) mass is 305 g/mol. The van der Waals surface area contributed by atoms with E-state index >= 15 is 0 Å². The molecule has 6 nitrogen and oxygen atoms in total. The minimum atomic E-state index is -0.226. The Labute approximate surface area is 128 Å². The molecule has 0 fully saturated rings. The lowest BCUT2D eigenvalue weighted by Crippen LogP contribution is -2.18. The smallest absolute Gasteiger partial charge is 0.305 e. The second kappa shape index (κ2) is 15.7. The SMILES string of the molecule is CCCCOCCOCCOCCOC(=O)CCC(C)N. The molecular formula is C15H31NO5. The zero-order valence-electron chi connectivity index (χ0n) is 13.5. The highest BCUT2D eigenvalue weighted by Crippen LogP contribution is 1.96. The highest BCUT2D eigenvalue weighted by atomic mass is 16.6. The minimum absolute atomic E-state index is 0.0249. The van der Waals surface area contributed by atoms with E-state index in [1.807, 2.05) is 6.92 Å². The Hall–Kier alpha value is -0.690. The Morgan fingerprint density at radius 3 is 2.00 bits per heavy atom. The fourth-order valence-electron chi connectivity index (χ4n) is 1.42. The van der Waals surface area contributed by atoms with Crippen molar-refractivity contribution >= 4 is 5.97 Å². The van der Waals surface area contributed by atoms with Gasteiger partial charge in [0.1, 0.15) is 6.61 Å².